The molecule has 1 N–H and O–H groups in total. The van der Waals surface area contributed by atoms with Crippen molar-refractivity contribution in [2.45, 2.75) is 13.3 Å². The molecule has 8 heteroatoms. The number of hydrogen-bond donors (Lipinski definition) is 1. The number of hydrogen-bond acceptors (Lipinski definition) is 5. The quantitative estimate of drug-likeness (QED) is 0.825. The maximum Gasteiger partial charge on any atom is 0.311 e. The molecule has 0 fully saturated rings. The molecule has 1 heterocycles. The van der Waals surface area contributed by atoms with Gasteiger partial charge in [-0.3, -0.25) is 14.9 Å². The van der Waals surface area contributed by atoms with Crippen LogP contribution in [0.15, 0.2) is 23.6 Å². The van der Waals surface area contributed by atoms with E-state index in [1.54, 1.807) is 18.4 Å². The number of carbonyl (C=O) groups excluding carboxylic acids is 2. The van der Waals surface area contributed by atoms with Gasteiger partial charge in [-0.1, -0.05) is 23.2 Å². The highest BCUT2D eigenvalue weighted by Crippen LogP contribution is 2.21. The zero-order valence-corrected chi connectivity index (χ0v) is 13.9. The molecule has 0 aliphatic carbocycles. The van der Waals surface area contributed by atoms with E-state index in [-0.39, 0.29) is 18.3 Å². The van der Waals surface area contributed by atoms with Crippen LogP contribution in [-0.4, -0.2) is 23.5 Å². The van der Waals surface area contributed by atoms with Gasteiger partial charge in [-0.2, -0.15) is 0 Å². The molecule has 5 nitrogen and oxygen atoms in total. The van der Waals surface area contributed by atoms with Crippen molar-refractivity contribution in [3.05, 3.63) is 44.9 Å². The molecule has 0 bridgehead atoms. The minimum atomic E-state index is -0.374. The molecule has 1 amide bonds. The topological polar surface area (TPSA) is 68.3 Å². The monoisotopic (exact) mass is 358 g/mol. The normalized spacial score (nSPS) is 10.3. The summed E-state index contributed by atoms with van der Waals surface area (Å²) < 4.78 is 4.84. The average Bonchev–Trinajstić information content (AvgIpc) is 2.85. The smallest absolute Gasteiger partial charge is 0.311 e. The first-order valence-corrected chi connectivity index (χ1v) is 7.99. The Morgan fingerprint density at radius 2 is 1.95 bits per heavy atom. The van der Waals surface area contributed by atoms with E-state index in [2.05, 4.69) is 10.3 Å². The summed E-state index contributed by atoms with van der Waals surface area (Å²) in [4.78, 5) is 27.6. The number of esters is 1. The zero-order valence-electron chi connectivity index (χ0n) is 11.6. The molecule has 0 unspecified atom stereocenters. The predicted molar refractivity (Wildman–Crippen MR) is 86.9 cm³/mol. The zero-order chi connectivity index (χ0) is 16.1. The largest absolute Gasteiger partial charge is 0.466 e. The molecule has 0 saturated heterocycles. The van der Waals surface area contributed by atoms with Gasteiger partial charge >= 0.3 is 5.97 Å². The fourth-order valence-electron chi connectivity index (χ4n) is 1.66. The molecule has 1 aromatic heterocycles. The van der Waals surface area contributed by atoms with Crippen LogP contribution in [0.4, 0.5) is 5.13 Å². The standard InChI is InChI=1S/C14H12Cl2N2O3S/c1-2-21-12(19)6-11-7-22-14(17-11)18-13(20)8-3-9(15)5-10(16)4-8/h3-5,7H,2,6H2,1H3,(H,17,18,20). The van der Waals surface area contributed by atoms with Crippen molar-refractivity contribution in [2.24, 2.45) is 0 Å². The molecule has 22 heavy (non-hydrogen) atoms. The molecule has 2 aromatic rings. The number of aromatic nitrogens is 1. The van der Waals surface area contributed by atoms with Crippen molar-refractivity contribution < 1.29 is 14.3 Å². The maximum absolute atomic E-state index is 12.1. The van der Waals surface area contributed by atoms with Crippen molar-refractivity contribution in [3.63, 3.8) is 0 Å². The van der Waals surface area contributed by atoms with E-state index in [1.807, 2.05) is 0 Å². The molecule has 2 rings (SSSR count). The lowest BCUT2D eigenvalue weighted by Gasteiger charge is -2.03. The molecule has 1 aromatic carbocycles. The van der Waals surface area contributed by atoms with Gasteiger partial charge in [-0.05, 0) is 25.1 Å². The van der Waals surface area contributed by atoms with Crippen LogP contribution in [0.1, 0.15) is 23.0 Å². The minimum absolute atomic E-state index is 0.0726. The van der Waals surface area contributed by atoms with Crippen LogP contribution in [0.25, 0.3) is 0 Å². The van der Waals surface area contributed by atoms with Gasteiger partial charge in [0.15, 0.2) is 5.13 Å². The molecular weight excluding hydrogens is 347 g/mol. The second kappa shape index (κ2) is 7.58. The van der Waals surface area contributed by atoms with Gasteiger partial charge in [0.05, 0.1) is 18.7 Å². The Bertz CT molecular complexity index is 683. The van der Waals surface area contributed by atoms with Crippen LogP contribution >= 0.6 is 34.5 Å². The number of nitrogens with zero attached hydrogens (tertiary/aromatic N) is 1. The van der Waals surface area contributed by atoms with Crippen LogP contribution < -0.4 is 5.32 Å². The van der Waals surface area contributed by atoms with E-state index in [0.717, 1.165) is 0 Å². The highest BCUT2D eigenvalue weighted by Gasteiger charge is 2.12. The number of amides is 1. The van der Waals surface area contributed by atoms with Gasteiger partial charge in [-0.25, -0.2) is 4.98 Å². The van der Waals surface area contributed by atoms with Crippen LogP contribution in [0, 0.1) is 0 Å². The highest BCUT2D eigenvalue weighted by molar-refractivity contribution is 7.14. The molecule has 0 atom stereocenters. The van der Waals surface area contributed by atoms with Crippen LogP contribution in [0.5, 0.6) is 0 Å². The lowest BCUT2D eigenvalue weighted by atomic mass is 10.2. The third kappa shape index (κ3) is 4.69. The predicted octanol–water partition coefficient (Wildman–Crippen LogP) is 3.81. The fourth-order valence-corrected chi connectivity index (χ4v) is 2.89. The number of benzene rings is 1. The number of rotatable bonds is 5. The number of anilines is 1. The van der Waals surface area contributed by atoms with Crippen LogP contribution in [0.3, 0.4) is 0 Å². The number of carbonyl (C=O) groups is 2. The first-order chi connectivity index (χ1) is 10.5. The third-order valence-electron chi connectivity index (χ3n) is 2.53. The number of halogens is 2. The Morgan fingerprint density at radius 3 is 2.59 bits per heavy atom. The lowest BCUT2D eigenvalue weighted by Crippen LogP contribution is -2.12. The van der Waals surface area contributed by atoms with Crippen molar-refractivity contribution in [1.82, 2.24) is 4.98 Å². The molecule has 0 aliphatic heterocycles. The lowest BCUT2D eigenvalue weighted by molar-refractivity contribution is -0.142. The first-order valence-electron chi connectivity index (χ1n) is 6.35. The molecular formula is C14H12Cl2N2O3S. The minimum Gasteiger partial charge on any atom is -0.466 e. The maximum atomic E-state index is 12.1. The van der Waals surface area contributed by atoms with Gasteiger partial charge in [0.25, 0.3) is 5.91 Å². The van der Waals surface area contributed by atoms with E-state index in [1.165, 1.54) is 23.5 Å². The summed E-state index contributed by atoms with van der Waals surface area (Å²) in [6, 6.07) is 4.56. The highest BCUT2D eigenvalue weighted by atomic mass is 35.5. The molecule has 116 valence electrons. The summed E-state index contributed by atoms with van der Waals surface area (Å²) in [6.07, 6.45) is 0.0726. The molecule has 0 radical (unpaired) electrons. The van der Waals surface area contributed by atoms with Crippen LogP contribution in [-0.2, 0) is 16.0 Å². The van der Waals surface area contributed by atoms with Crippen molar-refractivity contribution in [2.75, 3.05) is 11.9 Å². The van der Waals surface area contributed by atoms with Crippen molar-refractivity contribution >= 4 is 51.5 Å². The fraction of sp³-hybridized carbons (Fsp3) is 0.214. The van der Waals surface area contributed by atoms with Gasteiger partial charge in [0.1, 0.15) is 0 Å². The molecule has 0 spiro atoms. The number of ether oxygens (including phenoxy) is 1. The third-order valence-corrected chi connectivity index (χ3v) is 3.77. The number of nitrogens with one attached hydrogen (secondary N) is 1. The SMILES string of the molecule is CCOC(=O)Cc1csc(NC(=O)c2cc(Cl)cc(Cl)c2)n1. The summed E-state index contributed by atoms with van der Waals surface area (Å²) in [5.74, 6) is -0.728. The summed E-state index contributed by atoms with van der Waals surface area (Å²) in [7, 11) is 0. The average molecular weight is 359 g/mol. The summed E-state index contributed by atoms with van der Waals surface area (Å²) in [5.41, 5.74) is 0.877. The van der Waals surface area contributed by atoms with E-state index in [0.29, 0.717) is 33.0 Å². The summed E-state index contributed by atoms with van der Waals surface area (Å²) in [6.45, 7) is 2.06. The number of thiazole rings is 1. The first kappa shape index (κ1) is 16.7. The molecule has 0 saturated carbocycles. The Kier molecular flexibility index (Phi) is 5.76. The Balaban J connectivity index is 2.03. The second-order valence-corrected chi connectivity index (χ2v) is 5.97. The summed E-state index contributed by atoms with van der Waals surface area (Å²) in [5, 5.41) is 5.47. The van der Waals surface area contributed by atoms with Crippen LogP contribution in [0.2, 0.25) is 10.0 Å². The second-order valence-electron chi connectivity index (χ2n) is 4.24. The Labute approximate surface area is 141 Å². The van der Waals surface area contributed by atoms with E-state index < -0.39 is 0 Å². The van der Waals surface area contributed by atoms with Gasteiger partial charge in [-0.15, -0.1) is 11.3 Å². The Hall–Kier alpha value is -1.63. The van der Waals surface area contributed by atoms with E-state index in [9.17, 15) is 9.59 Å². The van der Waals surface area contributed by atoms with Crippen molar-refractivity contribution in [3.8, 4) is 0 Å². The van der Waals surface area contributed by atoms with Gasteiger partial charge in [0.2, 0.25) is 0 Å². The summed E-state index contributed by atoms with van der Waals surface area (Å²) >= 11 is 12.9. The molecule has 0 aliphatic rings. The van der Waals surface area contributed by atoms with E-state index >= 15 is 0 Å². The Morgan fingerprint density at radius 1 is 1.27 bits per heavy atom. The van der Waals surface area contributed by atoms with Gasteiger partial charge in [0, 0.05) is 21.0 Å². The van der Waals surface area contributed by atoms with Gasteiger partial charge < -0.3 is 4.74 Å². The van der Waals surface area contributed by atoms with Crippen molar-refractivity contribution in [1.29, 1.82) is 0 Å². The van der Waals surface area contributed by atoms with E-state index in [4.69, 9.17) is 27.9 Å².